The topological polar surface area (TPSA) is 81.2 Å². The number of benzene rings is 2. The van der Waals surface area contributed by atoms with Gasteiger partial charge in [0.05, 0.1) is 29.2 Å². The van der Waals surface area contributed by atoms with Gasteiger partial charge in [-0.3, -0.25) is 14.4 Å². The van der Waals surface area contributed by atoms with Crippen molar-refractivity contribution in [1.82, 2.24) is 14.7 Å². The number of aliphatic hydroxyl groups is 1. The maximum Gasteiger partial charge on any atom is 0.247 e. The number of amides is 3. The second kappa shape index (κ2) is 12.2. The Morgan fingerprint density at radius 1 is 1.02 bits per heavy atom. The van der Waals surface area contributed by atoms with E-state index in [-0.39, 0.29) is 24.3 Å². The number of hydrogen-bond acceptors (Lipinski definition) is 5. The van der Waals surface area contributed by atoms with E-state index in [0.29, 0.717) is 26.1 Å². The summed E-state index contributed by atoms with van der Waals surface area (Å²) in [5.74, 6) is -1.80. The molecule has 3 fully saturated rings. The summed E-state index contributed by atoms with van der Waals surface area (Å²) in [4.78, 5) is 49.6. The lowest BCUT2D eigenvalue weighted by Gasteiger charge is -2.43. The van der Waals surface area contributed by atoms with Gasteiger partial charge in [-0.1, -0.05) is 72.8 Å². The quantitative estimate of drug-likeness (QED) is 0.350. The van der Waals surface area contributed by atoms with Crippen molar-refractivity contribution >= 4 is 29.5 Å². The third-order valence-corrected chi connectivity index (χ3v) is 11.7. The summed E-state index contributed by atoms with van der Waals surface area (Å²) in [6, 6.07) is 17.7. The number of aliphatic hydroxyl groups excluding tert-OH is 1. The van der Waals surface area contributed by atoms with E-state index in [2.05, 4.69) is 20.1 Å². The minimum atomic E-state index is -0.844. The molecule has 3 saturated heterocycles. The zero-order valence-electron chi connectivity index (χ0n) is 26.3. The van der Waals surface area contributed by atoms with Gasteiger partial charge in [0.1, 0.15) is 6.04 Å². The Labute approximate surface area is 266 Å². The van der Waals surface area contributed by atoms with Crippen LogP contribution in [0.4, 0.5) is 0 Å². The molecule has 0 aromatic heterocycles. The van der Waals surface area contributed by atoms with Crippen molar-refractivity contribution in [2.45, 2.75) is 74.2 Å². The average molecular weight is 616 g/mol. The Balaban J connectivity index is 1.63. The summed E-state index contributed by atoms with van der Waals surface area (Å²) < 4.78 is -1.31. The van der Waals surface area contributed by atoms with Crippen LogP contribution in [0.15, 0.2) is 86.0 Å². The molecule has 44 heavy (non-hydrogen) atoms. The fraction of sp³-hybridized carbons (Fsp3) is 0.472. The number of carbonyl (C=O) groups excluding carboxylic acids is 3. The van der Waals surface area contributed by atoms with Crippen LogP contribution in [0.3, 0.4) is 0 Å². The maximum absolute atomic E-state index is 14.9. The van der Waals surface area contributed by atoms with E-state index in [4.69, 9.17) is 0 Å². The first-order valence-electron chi connectivity index (χ1n) is 15.5. The fourth-order valence-corrected chi connectivity index (χ4v) is 10.1. The lowest BCUT2D eigenvalue weighted by molar-refractivity contribution is -0.149. The van der Waals surface area contributed by atoms with E-state index < -0.39 is 39.0 Å². The molecule has 7 nitrogen and oxygen atoms in total. The van der Waals surface area contributed by atoms with E-state index in [0.717, 1.165) is 17.5 Å². The number of hydrogen-bond donors (Lipinski definition) is 1. The van der Waals surface area contributed by atoms with Gasteiger partial charge in [-0.05, 0) is 51.7 Å². The minimum Gasteiger partial charge on any atom is -0.394 e. The molecule has 3 heterocycles. The van der Waals surface area contributed by atoms with Crippen molar-refractivity contribution in [2.24, 2.45) is 11.8 Å². The highest BCUT2D eigenvalue weighted by Gasteiger charge is 2.78. The summed E-state index contributed by atoms with van der Waals surface area (Å²) in [6.45, 7) is 16.6. The van der Waals surface area contributed by atoms with Gasteiger partial charge in [-0.2, -0.15) is 0 Å². The molecule has 2 aromatic rings. The van der Waals surface area contributed by atoms with E-state index in [1.807, 2.05) is 81.4 Å². The molecule has 1 N–H and O–H groups in total. The maximum atomic E-state index is 14.9. The van der Waals surface area contributed by atoms with Crippen LogP contribution in [-0.4, -0.2) is 78.3 Å². The molecule has 234 valence electrons. The number of thioether (sulfide) groups is 1. The van der Waals surface area contributed by atoms with Crippen LogP contribution in [0.2, 0.25) is 0 Å². The Morgan fingerprint density at radius 2 is 1.64 bits per heavy atom. The van der Waals surface area contributed by atoms with Crippen LogP contribution < -0.4 is 0 Å². The second-order valence-electron chi connectivity index (χ2n) is 13.5. The SMILES string of the molecule is C=CCN(Cc1ccccc1)C(=O)[C@H]1[C@H]2C(=O)N([C@H](CO)c3ccccc3)C(C(=O)N(CC=C)C(C)(C)C)C23CC[C@]1(C)S3. The molecule has 3 amide bonds. The van der Waals surface area contributed by atoms with Crippen molar-refractivity contribution < 1.29 is 19.5 Å². The molecule has 1 spiro atoms. The molecule has 0 aliphatic carbocycles. The number of rotatable bonds is 11. The molecule has 2 aromatic carbocycles. The predicted octanol–water partition coefficient (Wildman–Crippen LogP) is 5.23. The van der Waals surface area contributed by atoms with Gasteiger partial charge in [0.2, 0.25) is 17.7 Å². The van der Waals surface area contributed by atoms with Gasteiger partial charge in [0.15, 0.2) is 0 Å². The van der Waals surface area contributed by atoms with Crippen LogP contribution in [0.25, 0.3) is 0 Å². The van der Waals surface area contributed by atoms with Crippen LogP contribution >= 0.6 is 11.8 Å². The van der Waals surface area contributed by atoms with Gasteiger partial charge >= 0.3 is 0 Å². The van der Waals surface area contributed by atoms with Crippen molar-refractivity contribution in [1.29, 1.82) is 0 Å². The summed E-state index contributed by atoms with van der Waals surface area (Å²) in [7, 11) is 0. The number of fused-ring (bicyclic) bond motifs is 1. The third kappa shape index (κ3) is 5.30. The standard InChI is InChI=1S/C36H45N3O4S/c1-7-21-37(23-25-15-11-9-12-16-25)31(41)28-29-32(42)39(27(24-40)26-17-13-10-14-18-26)30(36(29)20-19-35(28,6)44-36)33(43)38(22-8-2)34(3,4)5/h7-18,27-30,40H,1-2,19-24H2,3-6H3/t27-,28-,29+,30?,35+,36?/m1/s1. The summed E-state index contributed by atoms with van der Waals surface area (Å²) in [6.07, 6.45) is 4.79. The molecule has 0 radical (unpaired) electrons. The van der Waals surface area contributed by atoms with Crippen molar-refractivity contribution in [2.75, 3.05) is 19.7 Å². The summed E-state index contributed by atoms with van der Waals surface area (Å²) >= 11 is 1.65. The van der Waals surface area contributed by atoms with E-state index in [1.165, 1.54) is 0 Å². The van der Waals surface area contributed by atoms with Crippen LogP contribution in [0.1, 0.15) is 57.7 Å². The van der Waals surface area contributed by atoms with Crippen LogP contribution in [-0.2, 0) is 20.9 Å². The molecular weight excluding hydrogens is 570 g/mol. The number of carbonyl (C=O) groups is 3. The molecule has 3 aliphatic heterocycles. The molecule has 8 heteroatoms. The second-order valence-corrected chi connectivity index (χ2v) is 15.4. The fourth-order valence-electron chi connectivity index (χ4n) is 7.74. The number of likely N-dealkylation sites (tertiary alicyclic amines) is 1. The zero-order chi connectivity index (χ0) is 31.9. The molecule has 3 aliphatic rings. The first-order valence-corrected chi connectivity index (χ1v) is 16.3. The predicted molar refractivity (Wildman–Crippen MR) is 176 cm³/mol. The Kier molecular flexibility index (Phi) is 8.89. The average Bonchev–Trinajstić information content (AvgIpc) is 3.57. The lowest BCUT2D eigenvalue weighted by atomic mass is 9.66. The van der Waals surface area contributed by atoms with Crippen molar-refractivity contribution in [3.8, 4) is 0 Å². The van der Waals surface area contributed by atoms with Crippen molar-refractivity contribution in [3.05, 3.63) is 97.1 Å². The minimum absolute atomic E-state index is 0.0873. The van der Waals surface area contributed by atoms with E-state index in [9.17, 15) is 19.5 Å². The highest BCUT2D eigenvalue weighted by Crippen LogP contribution is 2.72. The first-order chi connectivity index (χ1) is 20.9. The van der Waals surface area contributed by atoms with Crippen molar-refractivity contribution in [3.63, 3.8) is 0 Å². The van der Waals surface area contributed by atoms with E-state index >= 15 is 0 Å². The van der Waals surface area contributed by atoms with E-state index in [1.54, 1.807) is 38.6 Å². The Morgan fingerprint density at radius 3 is 2.20 bits per heavy atom. The highest BCUT2D eigenvalue weighted by molar-refractivity contribution is 8.02. The number of nitrogens with zero attached hydrogens (tertiary/aromatic N) is 3. The van der Waals surface area contributed by atoms with Gasteiger partial charge < -0.3 is 19.8 Å². The Hall–Kier alpha value is -3.36. The molecule has 6 atom stereocenters. The molecule has 2 bridgehead atoms. The third-order valence-electron chi connectivity index (χ3n) is 9.67. The highest BCUT2D eigenvalue weighted by atomic mass is 32.2. The molecule has 5 rings (SSSR count). The molecular formula is C36H45N3O4S. The smallest absolute Gasteiger partial charge is 0.247 e. The van der Waals surface area contributed by atoms with Gasteiger partial charge in [0, 0.05) is 29.9 Å². The summed E-state index contributed by atoms with van der Waals surface area (Å²) in [5.41, 5.74) is 1.22. The monoisotopic (exact) mass is 615 g/mol. The van der Waals surface area contributed by atoms with Gasteiger partial charge in [-0.25, -0.2) is 0 Å². The summed E-state index contributed by atoms with van der Waals surface area (Å²) in [5, 5.41) is 10.8. The molecule has 0 saturated carbocycles. The van der Waals surface area contributed by atoms with Gasteiger partial charge in [0.25, 0.3) is 0 Å². The van der Waals surface area contributed by atoms with Crippen LogP contribution in [0.5, 0.6) is 0 Å². The molecule has 2 unspecified atom stereocenters. The first kappa shape index (κ1) is 32.0. The largest absolute Gasteiger partial charge is 0.394 e. The Bertz CT molecular complexity index is 1410. The zero-order valence-corrected chi connectivity index (χ0v) is 27.1. The normalized spacial score (nSPS) is 28.0. The van der Waals surface area contributed by atoms with Gasteiger partial charge in [-0.15, -0.1) is 24.9 Å². The van der Waals surface area contributed by atoms with Crippen LogP contribution in [0, 0.1) is 11.8 Å². The lowest BCUT2D eigenvalue weighted by Crippen LogP contribution is -2.59.